The molecule has 6 heteroatoms. The van der Waals surface area contributed by atoms with Gasteiger partial charge < -0.3 is 20.7 Å². The van der Waals surface area contributed by atoms with Crippen molar-refractivity contribution in [1.82, 2.24) is 10.2 Å². The Hall–Kier alpha value is -2.08. The summed E-state index contributed by atoms with van der Waals surface area (Å²) < 4.78 is 5.44. The number of carbonyl (C=O) groups excluding carboxylic acids is 2. The average Bonchev–Trinajstić information content (AvgIpc) is 2.65. The summed E-state index contributed by atoms with van der Waals surface area (Å²) in [7, 11) is 0. The summed E-state index contributed by atoms with van der Waals surface area (Å²) in [5.74, 6) is -0.0996. The molecule has 0 bridgehead atoms. The lowest BCUT2D eigenvalue weighted by Crippen LogP contribution is -2.41. The van der Waals surface area contributed by atoms with Crippen LogP contribution in [0, 0.1) is 0 Å². The smallest absolute Gasteiger partial charge is 0.410 e. The summed E-state index contributed by atoms with van der Waals surface area (Å²) in [5, 5.41) is 2.87. The molecule has 0 radical (unpaired) electrons. The Morgan fingerprint density at radius 3 is 2.64 bits per heavy atom. The number of ether oxygens (including phenoxy) is 1. The van der Waals surface area contributed by atoms with Crippen molar-refractivity contribution in [1.29, 1.82) is 0 Å². The predicted octanol–water partition coefficient (Wildman–Crippen LogP) is 2.42. The van der Waals surface area contributed by atoms with E-state index in [1.165, 1.54) is 0 Å². The summed E-state index contributed by atoms with van der Waals surface area (Å²) in [6.45, 7) is 2.20. The molecule has 3 N–H and O–H groups in total. The SMILES string of the molecule is N[C@H]1CCCN(C(=O)OCc2ccccc2)CCCCCCNC1=O. The molecule has 6 nitrogen and oxygen atoms in total. The van der Waals surface area contributed by atoms with Gasteiger partial charge in [-0.05, 0) is 31.2 Å². The molecule has 1 aromatic rings. The Kier molecular flexibility index (Phi) is 8.25. The Labute approximate surface area is 149 Å². The van der Waals surface area contributed by atoms with Crippen molar-refractivity contribution in [3.63, 3.8) is 0 Å². The minimum absolute atomic E-state index is 0.0996. The molecular formula is C19H29N3O3. The van der Waals surface area contributed by atoms with Gasteiger partial charge in [-0.25, -0.2) is 4.79 Å². The number of rotatable bonds is 2. The minimum Gasteiger partial charge on any atom is -0.445 e. The first kappa shape index (κ1) is 19.2. The first-order valence-electron chi connectivity index (χ1n) is 9.16. The van der Waals surface area contributed by atoms with Crippen LogP contribution in [0.1, 0.15) is 44.1 Å². The number of benzene rings is 1. The molecule has 25 heavy (non-hydrogen) atoms. The van der Waals surface area contributed by atoms with Crippen LogP contribution in [0.15, 0.2) is 30.3 Å². The van der Waals surface area contributed by atoms with Crippen LogP contribution in [0.3, 0.4) is 0 Å². The number of hydrogen-bond acceptors (Lipinski definition) is 4. The molecular weight excluding hydrogens is 318 g/mol. The van der Waals surface area contributed by atoms with Gasteiger partial charge in [0.15, 0.2) is 0 Å². The standard InChI is InChI=1S/C19H29N3O3/c20-17-11-8-14-22(13-7-2-1-6-12-21-18(17)23)19(24)25-15-16-9-4-3-5-10-16/h3-5,9-10,17H,1-2,6-8,11-15,20H2,(H,21,23)/t17-/m0/s1. The number of hydrogen-bond donors (Lipinski definition) is 2. The van der Waals surface area contributed by atoms with Crippen molar-refractivity contribution in [2.24, 2.45) is 5.73 Å². The van der Waals surface area contributed by atoms with Gasteiger partial charge in [0.05, 0.1) is 6.04 Å². The molecule has 138 valence electrons. The van der Waals surface area contributed by atoms with Crippen molar-refractivity contribution in [3.05, 3.63) is 35.9 Å². The van der Waals surface area contributed by atoms with Gasteiger partial charge in [-0.15, -0.1) is 0 Å². The molecule has 0 saturated carbocycles. The van der Waals surface area contributed by atoms with E-state index in [2.05, 4.69) is 5.32 Å². The Morgan fingerprint density at radius 2 is 1.84 bits per heavy atom. The average molecular weight is 347 g/mol. The maximum absolute atomic E-state index is 12.4. The van der Waals surface area contributed by atoms with Gasteiger partial charge >= 0.3 is 6.09 Å². The molecule has 0 aromatic heterocycles. The Balaban J connectivity index is 1.86. The van der Waals surface area contributed by atoms with Crippen molar-refractivity contribution < 1.29 is 14.3 Å². The lowest BCUT2D eigenvalue weighted by molar-refractivity contribution is -0.122. The summed E-state index contributed by atoms with van der Waals surface area (Å²) in [6.07, 6.45) is 4.91. The van der Waals surface area contributed by atoms with Crippen LogP contribution in [-0.4, -0.2) is 42.6 Å². The molecule has 1 aliphatic rings. The maximum atomic E-state index is 12.4. The van der Waals surface area contributed by atoms with Crippen LogP contribution in [-0.2, 0) is 16.1 Å². The molecule has 0 unspecified atom stereocenters. The van der Waals surface area contributed by atoms with Gasteiger partial charge in [0.25, 0.3) is 0 Å². The van der Waals surface area contributed by atoms with E-state index in [9.17, 15) is 9.59 Å². The topological polar surface area (TPSA) is 84.7 Å². The molecule has 1 heterocycles. The zero-order valence-electron chi connectivity index (χ0n) is 14.8. The third-order valence-electron chi connectivity index (χ3n) is 4.40. The van der Waals surface area contributed by atoms with Crippen LogP contribution in [0.4, 0.5) is 4.79 Å². The number of nitrogens with two attached hydrogens (primary N) is 1. The van der Waals surface area contributed by atoms with E-state index < -0.39 is 6.04 Å². The predicted molar refractivity (Wildman–Crippen MR) is 96.9 cm³/mol. The van der Waals surface area contributed by atoms with Crippen molar-refractivity contribution in [2.45, 2.75) is 51.2 Å². The third-order valence-corrected chi connectivity index (χ3v) is 4.40. The first-order chi connectivity index (χ1) is 12.2. The Bertz CT molecular complexity index is 536. The zero-order valence-corrected chi connectivity index (χ0v) is 14.8. The van der Waals surface area contributed by atoms with Crippen LogP contribution in [0.2, 0.25) is 0 Å². The molecule has 2 amide bonds. The zero-order chi connectivity index (χ0) is 17.9. The molecule has 1 aliphatic heterocycles. The molecule has 2 rings (SSSR count). The van der Waals surface area contributed by atoms with Gasteiger partial charge in [0.1, 0.15) is 6.61 Å². The normalized spacial score (nSPS) is 20.6. The highest BCUT2D eigenvalue weighted by molar-refractivity contribution is 5.81. The second-order valence-electron chi connectivity index (χ2n) is 6.48. The van der Waals surface area contributed by atoms with E-state index in [1.54, 1.807) is 4.90 Å². The van der Waals surface area contributed by atoms with E-state index in [1.807, 2.05) is 30.3 Å². The monoisotopic (exact) mass is 347 g/mol. The lowest BCUT2D eigenvalue weighted by Gasteiger charge is -2.22. The van der Waals surface area contributed by atoms with E-state index in [4.69, 9.17) is 10.5 Å². The van der Waals surface area contributed by atoms with E-state index in [-0.39, 0.29) is 18.6 Å². The third kappa shape index (κ3) is 7.13. The van der Waals surface area contributed by atoms with Gasteiger partial charge in [-0.2, -0.15) is 0 Å². The van der Waals surface area contributed by atoms with Gasteiger partial charge in [-0.3, -0.25) is 4.79 Å². The largest absolute Gasteiger partial charge is 0.445 e. The van der Waals surface area contributed by atoms with E-state index >= 15 is 0 Å². The highest BCUT2D eigenvalue weighted by atomic mass is 16.6. The quantitative estimate of drug-likeness (QED) is 0.860. The number of amides is 2. The van der Waals surface area contributed by atoms with Gasteiger partial charge in [0, 0.05) is 19.6 Å². The highest BCUT2D eigenvalue weighted by Gasteiger charge is 2.18. The molecule has 1 atom stereocenters. The molecule has 0 spiro atoms. The second kappa shape index (κ2) is 10.7. The first-order valence-corrected chi connectivity index (χ1v) is 9.16. The number of nitrogens with zero attached hydrogens (tertiary/aromatic N) is 1. The summed E-state index contributed by atoms with van der Waals surface area (Å²) in [6, 6.07) is 9.14. The van der Waals surface area contributed by atoms with Gasteiger partial charge in [0.2, 0.25) is 5.91 Å². The van der Waals surface area contributed by atoms with Crippen molar-refractivity contribution in [2.75, 3.05) is 19.6 Å². The minimum atomic E-state index is -0.511. The van der Waals surface area contributed by atoms with Crippen LogP contribution < -0.4 is 11.1 Å². The number of nitrogens with one attached hydrogen (secondary N) is 1. The fourth-order valence-electron chi connectivity index (χ4n) is 2.86. The van der Waals surface area contributed by atoms with Gasteiger partial charge in [-0.1, -0.05) is 43.2 Å². The highest BCUT2D eigenvalue weighted by Crippen LogP contribution is 2.09. The molecule has 1 saturated heterocycles. The Morgan fingerprint density at radius 1 is 1.12 bits per heavy atom. The lowest BCUT2D eigenvalue weighted by atomic mass is 10.1. The van der Waals surface area contributed by atoms with Crippen LogP contribution in [0.5, 0.6) is 0 Å². The van der Waals surface area contributed by atoms with Crippen LogP contribution in [0.25, 0.3) is 0 Å². The second-order valence-corrected chi connectivity index (χ2v) is 6.48. The fraction of sp³-hybridized carbons (Fsp3) is 0.579. The fourth-order valence-corrected chi connectivity index (χ4v) is 2.86. The van der Waals surface area contributed by atoms with E-state index in [0.29, 0.717) is 32.5 Å². The summed E-state index contributed by atoms with van der Waals surface area (Å²) in [4.78, 5) is 26.0. The number of carbonyl (C=O) groups is 2. The molecule has 1 fully saturated rings. The summed E-state index contributed by atoms with van der Waals surface area (Å²) in [5.41, 5.74) is 6.88. The maximum Gasteiger partial charge on any atom is 0.410 e. The van der Waals surface area contributed by atoms with Crippen molar-refractivity contribution in [3.8, 4) is 0 Å². The van der Waals surface area contributed by atoms with Crippen molar-refractivity contribution >= 4 is 12.0 Å². The van der Waals surface area contributed by atoms with Crippen LogP contribution >= 0.6 is 0 Å². The molecule has 0 aliphatic carbocycles. The summed E-state index contributed by atoms with van der Waals surface area (Å²) >= 11 is 0. The molecule has 1 aromatic carbocycles. The van der Waals surface area contributed by atoms with E-state index in [0.717, 1.165) is 31.2 Å².